The van der Waals surface area contributed by atoms with E-state index < -0.39 is 11.6 Å². The van der Waals surface area contributed by atoms with E-state index in [2.05, 4.69) is 16.8 Å². The van der Waals surface area contributed by atoms with Crippen LogP contribution < -0.4 is 5.32 Å². The lowest BCUT2D eigenvalue weighted by Crippen LogP contribution is -2.44. The van der Waals surface area contributed by atoms with Gasteiger partial charge in [0.2, 0.25) is 0 Å². The van der Waals surface area contributed by atoms with Gasteiger partial charge in [0.25, 0.3) is 0 Å². The van der Waals surface area contributed by atoms with Crippen molar-refractivity contribution in [3.63, 3.8) is 0 Å². The van der Waals surface area contributed by atoms with Gasteiger partial charge in [0.1, 0.15) is 0 Å². The summed E-state index contributed by atoms with van der Waals surface area (Å²) in [5, 5.41) is 3.24. The Morgan fingerprint density at radius 3 is 2.56 bits per heavy atom. The van der Waals surface area contributed by atoms with Gasteiger partial charge in [-0.15, -0.1) is 6.58 Å². The van der Waals surface area contributed by atoms with Gasteiger partial charge in [0.05, 0.1) is 6.04 Å². The highest BCUT2D eigenvalue weighted by Gasteiger charge is 2.23. The first-order valence-corrected chi connectivity index (χ1v) is 6.17. The number of nitrogens with zero attached hydrogens (tertiary/aromatic N) is 1. The van der Waals surface area contributed by atoms with E-state index in [9.17, 15) is 8.78 Å². The molecular weight excluding hydrogens is 234 g/mol. The average molecular weight is 252 g/mol. The van der Waals surface area contributed by atoms with E-state index in [4.69, 9.17) is 0 Å². The number of halogens is 2. The van der Waals surface area contributed by atoms with Crippen molar-refractivity contribution in [2.45, 2.75) is 13.0 Å². The molecule has 1 fully saturated rings. The molecule has 0 saturated carbocycles. The maximum atomic E-state index is 14.0. The van der Waals surface area contributed by atoms with E-state index in [0.29, 0.717) is 11.1 Å². The van der Waals surface area contributed by atoms with Crippen molar-refractivity contribution in [3.8, 4) is 0 Å². The fourth-order valence-corrected chi connectivity index (χ4v) is 2.32. The Balaban J connectivity index is 2.32. The summed E-state index contributed by atoms with van der Waals surface area (Å²) in [5.74, 6) is -1.51. The predicted octanol–water partition coefficient (Wildman–Crippen LogP) is 2.41. The van der Waals surface area contributed by atoms with Crippen LogP contribution in [0.4, 0.5) is 8.78 Å². The zero-order valence-corrected chi connectivity index (χ0v) is 10.5. The summed E-state index contributed by atoms with van der Waals surface area (Å²) in [4.78, 5) is 2.11. The fourth-order valence-electron chi connectivity index (χ4n) is 2.32. The highest BCUT2D eigenvalue weighted by molar-refractivity contribution is 5.30. The first kappa shape index (κ1) is 13.2. The van der Waals surface area contributed by atoms with Crippen LogP contribution in [0.2, 0.25) is 0 Å². The minimum absolute atomic E-state index is 0.262. The van der Waals surface area contributed by atoms with E-state index in [1.54, 1.807) is 25.1 Å². The normalized spacial score (nSPS) is 18.6. The second kappa shape index (κ2) is 5.59. The second-order valence-electron chi connectivity index (χ2n) is 4.57. The van der Waals surface area contributed by atoms with Crippen molar-refractivity contribution >= 4 is 0 Å². The van der Waals surface area contributed by atoms with E-state index in [0.717, 1.165) is 26.2 Å². The first-order chi connectivity index (χ1) is 8.65. The van der Waals surface area contributed by atoms with Gasteiger partial charge in [0, 0.05) is 31.7 Å². The number of hydrogen-bond donors (Lipinski definition) is 1. The Labute approximate surface area is 106 Å². The first-order valence-electron chi connectivity index (χ1n) is 6.17. The van der Waals surface area contributed by atoms with Gasteiger partial charge in [0.15, 0.2) is 11.6 Å². The van der Waals surface area contributed by atoms with Gasteiger partial charge >= 0.3 is 0 Å². The summed E-state index contributed by atoms with van der Waals surface area (Å²) in [7, 11) is 0. The molecule has 1 N–H and O–H groups in total. The molecule has 1 aliphatic rings. The molecule has 98 valence electrons. The van der Waals surface area contributed by atoms with Crippen molar-refractivity contribution in [1.82, 2.24) is 10.2 Å². The smallest absolute Gasteiger partial charge is 0.164 e. The van der Waals surface area contributed by atoms with Crippen molar-refractivity contribution < 1.29 is 8.78 Å². The topological polar surface area (TPSA) is 15.3 Å². The third-order valence-corrected chi connectivity index (χ3v) is 3.39. The SMILES string of the molecule is C=C[C@H](c1ccc(C)c(F)c1F)N1CCNCC1. The van der Waals surface area contributed by atoms with Gasteiger partial charge in [-0.05, 0) is 12.5 Å². The van der Waals surface area contributed by atoms with Gasteiger partial charge in [-0.3, -0.25) is 4.90 Å². The molecule has 0 unspecified atom stereocenters. The van der Waals surface area contributed by atoms with Crippen molar-refractivity contribution in [1.29, 1.82) is 0 Å². The van der Waals surface area contributed by atoms with Crippen molar-refractivity contribution in [2.24, 2.45) is 0 Å². The lowest BCUT2D eigenvalue weighted by Gasteiger charge is -2.33. The molecule has 0 aliphatic carbocycles. The van der Waals surface area contributed by atoms with Crippen LogP contribution in [0, 0.1) is 18.6 Å². The molecule has 0 spiro atoms. The number of piperazine rings is 1. The fraction of sp³-hybridized carbons (Fsp3) is 0.429. The third kappa shape index (κ3) is 2.44. The van der Waals surface area contributed by atoms with Crippen molar-refractivity contribution in [2.75, 3.05) is 26.2 Å². The number of aryl methyl sites for hydroxylation is 1. The molecule has 2 nitrogen and oxygen atoms in total. The molecule has 0 bridgehead atoms. The molecule has 1 aliphatic heterocycles. The minimum Gasteiger partial charge on any atom is -0.314 e. The molecule has 1 aromatic rings. The average Bonchev–Trinajstić information content (AvgIpc) is 2.41. The van der Waals surface area contributed by atoms with E-state index in [1.807, 2.05) is 0 Å². The maximum Gasteiger partial charge on any atom is 0.164 e. The van der Waals surface area contributed by atoms with Crippen LogP contribution in [0.25, 0.3) is 0 Å². The van der Waals surface area contributed by atoms with E-state index >= 15 is 0 Å². The Morgan fingerprint density at radius 2 is 1.94 bits per heavy atom. The summed E-state index contributed by atoms with van der Waals surface area (Å²) in [6.45, 7) is 8.67. The lowest BCUT2D eigenvalue weighted by atomic mass is 10.0. The molecule has 4 heteroatoms. The molecule has 2 rings (SSSR count). The number of benzene rings is 1. The minimum atomic E-state index is -0.755. The predicted molar refractivity (Wildman–Crippen MR) is 68.5 cm³/mol. The zero-order chi connectivity index (χ0) is 13.1. The molecule has 1 aromatic carbocycles. The van der Waals surface area contributed by atoms with Crippen LogP contribution in [0.3, 0.4) is 0 Å². The van der Waals surface area contributed by atoms with Crippen LogP contribution in [-0.2, 0) is 0 Å². The molecule has 1 atom stereocenters. The van der Waals surface area contributed by atoms with Crippen molar-refractivity contribution in [3.05, 3.63) is 47.5 Å². The van der Waals surface area contributed by atoms with Gasteiger partial charge in [-0.25, -0.2) is 8.78 Å². The standard InChI is InChI=1S/C14H18F2N2/c1-3-12(18-8-6-17-7-9-18)11-5-4-10(2)13(15)14(11)16/h3-5,12,17H,1,6-9H2,2H3/t12-/m1/s1. The monoisotopic (exact) mass is 252 g/mol. The molecule has 1 heterocycles. The summed E-state index contributed by atoms with van der Waals surface area (Å²) in [6.07, 6.45) is 1.68. The zero-order valence-electron chi connectivity index (χ0n) is 10.5. The molecule has 0 radical (unpaired) electrons. The van der Waals surface area contributed by atoms with Crippen LogP contribution in [0.5, 0.6) is 0 Å². The molecule has 0 aromatic heterocycles. The Kier molecular flexibility index (Phi) is 4.09. The summed E-state index contributed by atoms with van der Waals surface area (Å²) in [6, 6.07) is 3.01. The van der Waals surface area contributed by atoms with Crippen LogP contribution in [0.1, 0.15) is 17.2 Å². The number of nitrogens with one attached hydrogen (secondary N) is 1. The van der Waals surface area contributed by atoms with Gasteiger partial charge in [-0.2, -0.15) is 0 Å². The second-order valence-corrected chi connectivity index (χ2v) is 4.57. The Hall–Kier alpha value is -1.26. The van der Waals surface area contributed by atoms with E-state index in [-0.39, 0.29) is 6.04 Å². The summed E-state index contributed by atoms with van der Waals surface area (Å²) >= 11 is 0. The van der Waals surface area contributed by atoms with Gasteiger partial charge < -0.3 is 5.32 Å². The lowest BCUT2D eigenvalue weighted by molar-refractivity contribution is 0.199. The third-order valence-electron chi connectivity index (χ3n) is 3.39. The highest BCUT2D eigenvalue weighted by atomic mass is 19.2. The number of rotatable bonds is 3. The number of hydrogen-bond acceptors (Lipinski definition) is 2. The maximum absolute atomic E-state index is 14.0. The highest BCUT2D eigenvalue weighted by Crippen LogP contribution is 2.27. The molecular formula is C14H18F2N2. The summed E-state index contributed by atoms with van der Waals surface area (Å²) in [5.41, 5.74) is 0.703. The van der Waals surface area contributed by atoms with Crippen LogP contribution in [-0.4, -0.2) is 31.1 Å². The molecule has 1 saturated heterocycles. The Bertz CT molecular complexity index is 440. The Morgan fingerprint density at radius 1 is 1.28 bits per heavy atom. The molecule has 0 amide bonds. The quantitative estimate of drug-likeness (QED) is 0.831. The van der Waals surface area contributed by atoms with Crippen LogP contribution in [0.15, 0.2) is 24.8 Å². The van der Waals surface area contributed by atoms with E-state index in [1.165, 1.54) is 0 Å². The largest absolute Gasteiger partial charge is 0.314 e. The molecule has 18 heavy (non-hydrogen) atoms. The van der Waals surface area contributed by atoms with Gasteiger partial charge in [-0.1, -0.05) is 18.2 Å². The van der Waals surface area contributed by atoms with Crippen LogP contribution >= 0.6 is 0 Å². The summed E-state index contributed by atoms with van der Waals surface area (Å²) < 4.78 is 27.6.